The topological polar surface area (TPSA) is 41.3 Å². The number of unbranched alkanes of at least 4 members (excludes halogenated alkanes) is 4. The fourth-order valence-corrected chi connectivity index (χ4v) is 3.80. The molecule has 17 heavy (non-hydrogen) atoms. The van der Waals surface area contributed by atoms with Gasteiger partial charge in [0.05, 0.1) is 0 Å². The van der Waals surface area contributed by atoms with Crippen molar-refractivity contribution in [3.05, 3.63) is 0 Å². The molecule has 0 radical (unpaired) electrons. The third-order valence-corrected chi connectivity index (χ3v) is 4.79. The van der Waals surface area contributed by atoms with E-state index in [9.17, 15) is 0 Å². The Balaban J connectivity index is 2.21. The van der Waals surface area contributed by atoms with Gasteiger partial charge in [-0.15, -0.1) is 0 Å². The highest BCUT2D eigenvalue weighted by Crippen LogP contribution is 2.20. The first-order chi connectivity index (χ1) is 8.29. The molecule has 1 rings (SSSR count). The zero-order valence-corrected chi connectivity index (χ0v) is 12.3. The fraction of sp³-hybridized carbons (Fsp3) is 1.00. The van der Waals surface area contributed by atoms with Crippen molar-refractivity contribution < 1.29 is 0 Å². The van der Waals surface area contributed by atoms with E-state index in [1.165, 1.54) is 56.6 Å². The Bertz CT molecular complexity index is 190. The fourth-order valence-electron chi connectivity index (χ4n) is 2.48. The number of hydrogen-bond acceptors (Lipinski definition) is 4. The predicted molar refractivity (Wildman–Crippen MR) is 78.2 cm³/mol. The lowest BCUT2D eigenvalue weighted by Crippen LogP contribution is -2.54. The van der Waals surface area contributed by atoms with Crippen LogP contribution in [-0.2, 0) is 0 Å². The number of hydrogen-bond donors (Lipinski definition) is 2. The van der Waals surface area contributed by atoms with Gasteiger partial charge in [0.1, 0.15) is 0 Å². The molecule has 1 aliphatic heterocycles. The van der Waals surface area contributed by atoms with Crippen LogP contribution in [0.15, 0.2) is 0 Å². The van der Waals surface area contributed by atoms with Crippen molar-refractivity contribution in [3.8, 4) is 0 Å². The SMILES string of the molecule is CCCCCCCC(NN)C1CSCCN1C. The molecule has 2 atom stereocenters. The molecule has 3 N–H and O–H groups in total. The Labute approximate surface area is 111 Å². The standard InChI is InChI=1S/C13H29N3S/c1-3-4-5-6-7-8-12(15-14)13-11-17-10-9-16(13)2/h12-13,15H,3-11,14H2,1-2H3. The molecule has 1 heterocycles. The highest BCUT2D eigenvalue weighted by atomic mass is 32.2. The maximum absolute atomic E-state index is 5.72. The average molecular weight is 259 g/mol. The zero-order valence-electron chi connectivity index (χ0n) is 11.5. The second kappa shape index (κ2) is 9.20. The van der Waals surface area contributed by atoms with Crippen LogP contribution in [-0.4, -0.2) is 42.1 Å². The van der Waals surface area contributed by atoms with E-state index in [0.29, 0.717) is 12.1 Å². The van der Waals surface area contributed by atoms with Crippen LogP contribution in [0.25, 0.3) is 0 Å². The molecule has 0 aromatic heterocycles. The van der Waals surface area contributed by atoms with Crippen LogP contribution in [0, 0.1) is 0 Å². The van der Waals surface area contributed by atoms with Crippen LogP contribution in [0.4, 0.5) is 0 Å². The molecular formula is C13H29N3S. The van der Waals surface area contributed by atoms with Crippen LogP contribution < -0.4 is 11.3 Å². The predicted octanol–water partition coefficient (Wildman–Crippen LogP) is 2.23. The second-order valence-electron chi connectivity index (χ2n) is 5.10. The lowest BCUT2D eigenvalue weighted by atomic mass is 10.0. The summed E-state index contributed by atoms with van der Waals surface area (Å²) in [5, 5.41) is 0. The number of nitrogens with two attached hydrogens (primary N) is 1. The van der Waals surface area contributed by atoms with E-state index in [1.807, 2.05) is 0 Å². The van der Waals surface area contributed by atoms with Gasteiger partial charge in [0.15, 0.2) is 0 Å². The van der Waals surface area contributed by atoms with Gasteiger partial charge in [-0.1, -0.05) is 39.0 Å². The summed E-state index contributed by atoms with van der Waals surface area (Å²) in [6.45, 7) is 3.46. The summed E-state index contributed by atoms with van der Waals surface area (Å²) in [6, 6.07) is 1.08. The Morgan fingerprint density at radius 1 is 1.35 bits per heavy atom. The second-order valence-corrected chi connectivity index (χ2v) is 6.25. The van der Waals surface area contributed by atoms with Gasteiger partial charge in [-0.25, -0.2) is 0 Å². The Hall–Kier alpha value is 0.230. The summed E-state index contributed by atoms with van der Waals surface area (Å²) >= 11 is 2.06. The van der Waals surface area contributed by atoms with Crippen LogP contribution in [0.3, 0.4) is 0 Å². The molecule has 0 aromatic carbocycles. The van der Waals surface area contributed by atoms with E-state index >= 15 is 0 Å². The van der Waals surface area contributed by atoms with Crippen molar-refractivity contribution in [2.75, 3.05) is 25.1 Å². The molecule has 1 fully saturated rings. The van der Waals surface area contributed by atoms with Gasteiger partial charge in [-0.2, -0.15) is 11.8 Å². The summed E-state index contributed by atoms with van der Waals surface area (Å²) in [5.74, 6) is 8.21. The van der Waals surface area contributed by atoms with E-state index in [4.69, 9.17) is 5.84 Å². The highest BCUT2D eigenvalue weighted by molar-refractivity contribution is 7.99. The molecule has 1 saturated heterocycles. The minimum Gasteiger partial charge on any atom is -0.300 e. The quantitative estimate of drug-likeness (QED) is 0.398. The van der Waals surface area contributed by atoms with Crippen molar-refractivity contribution in [2.24, 2.45) is 5.84 Å². The van der Waals surface area contributed by atoms with Crippen molar-refractivity contribution in [2.45, 2.75) is 57.5 Å². The molecule has 102 valence electrons. The van der Waals surface area contributed by atoms with E-state index in [2.05, 4.69) is 36.1 Å². The minimum atomic E-state index is 0.467. The lowest BCUT2D eigenvalue weighted by Gasteiger charge is -2.37. The first kappa shape index (κ1) is 15.3. The van der Waals surface area contributed by atoms with Crippen LogP contribution in [0.5, 0.6) is 0 Å². The number of rotatable bonds is 8. The van der Waals surface area contributed by atoms with Gasteiger partial charge in [0, 0.05) is 30.1 Å². The van der Waals surface area contributed by atoms with Crippen molar-refractivity contribution >= 4 is 11.8 Å². The molecular weight excluding hydrogens is 230 g/mol. The normalized spacial score (nSPS) is 23.8. The van der Waals surface area contributed by atoms with Gasteiger partial charge < -0.3 is 4.90 Å². The van der Waals surface area contributed by atoms with Crippen LogP contribution in [0.2, 0.25) is 0 Å². The monoisotopic (exact) mass is 259 g/mol. The molecule has 4 heteroatoms. The van der Waals surface area contributed by atoms with Crippen molar-refractivity contribution in [1.82, 2.24) is 10.3 Å². The third kappa shape index (κ3) is 5.60. The van der Waals surface area contributed by atoms with Gasteiger partial charge >= 0.3 is 0 Å². The van der Waals surface area contributed by atoms with E-state index in [1.54, 1.807) is 0 Å². The largest absolute Gasteiger partial charge is 0.300 e. The highest BCUT2D eigenvalue weighted by Gasteiger charge is 2.26. The number of nitrogens with one attached hydrogen (secondary N) is 1. The molecule has 1 aliphatic rings. The molecule has 0 bridgehead atoms. The van der Waals surface area contributed by atoms with Gasteiger partial charge in [0.25, 0.3) is 0 Å². The van der Waals surface area contributed by atoms with Crippen molar-refractivity contribution in [1.29, 1.82) is 0 Å². The molecule has 0 aromatic rings. The molecule has 2 unspecified atom stereocenters. The maximum atomic E-state index is 5.72. The minimum absolute atomic E-state index is 0.467. The van der Waals surface area contributed by atoms with E-state index < -0.39 is 0 Å². The molecule has 0 amide bonds. The average Bonchev–Trinajstić information content (AvgIpc) is 2.35. The molecule has 0 spiro atoms. The third-order valence-electron chi connectivity index (χ3n) is 3.74. The van der Waals surface area contributed by atoms with Gasteiger partial charge in [0.2, 0.25) is 0 Å². The molecule has 0 aliphatic carbocycles. The van der Waals surface area contributed by atoms with E-state index in [-0.39, 0.29) is 0 Å². The lowest BCUT2D eigenvalue weighted by molar-refractivity contribution is 0.206. The first-order valence-corrected chi connectivity index (χ1v) is 8.19. The Morgan fingerprint density at radius 3 is 2.76 bits per heavy atom. The summed E-state index contributed by atoms with van der Waals surface area (Å²) < 4.78 is 0. The summed E-state index contributed by atoms with van der Waals surface area (Å²) in [6.07, 6.45) is 7.96. The number of hydrazine groups is 1. The van der Waals surface area contributed by atoms with Crippen molar-refractivity contribution in [3.63, 3.8) is 0 Å². The van der Waals surface area contributed by atoms with Crippen LogP contribution in [0.1, 0.15) is 45.4 Å². The first-order valence-electron chi connectivity index (χ1n) is 7.03. The Morgan fingerprint density at radius 2 is 2.12 bits per heavy atom. The number of thioether (sulfide) groups is 1. The summed E-state index contributed by atoms with van der Waals surface area (Å²) in [4.78, 5) is 2.47. The Kier molecular flexibility index (Phi) is 8.27. The zero-order chi connectivity index (χ0) is 12.5. The van der Waals surface area contributed by atoms with Gasteiger partial charge in [-0.3, -0.25) is 11.3 Å². The summed E-state index contributed by atoms with van der Waals surface area (Å²) in [5.41, 5.74) is 3.04. The smallest absolute Gasteiger partial charge is 0.0374 e. The summed E-state index contributed by atoms with van der Waals surface area (Å²) in [7, 11) is 2.23. The number of nitrogens with zero attached hydrogens (tertiary/aromatic N) is 1. The van der Waals surface area contributed by atoms with Gasteiger partial charge in [-0.05, 0) is 13.5 Å². The number of likely N-dealkylation sites (N-methyl/N-ethyl adjacent to an activating group) is 1. The molecule has 3 nitrogen and oxygen atoms in total. The maximum Gasteiger partial charge on any atom is 0.0374 e. The van der Waals surface area contributed by atoms with Crippen LogP contribution >= 0.6 is 11.8 Å². The van der Waals surface area contributed by atoms with E-state index in [0.717, 1.165) is 0 Å². The molecule has 0 saturated carbocycles.